The van der Waals surface area contributed by atoms with Gasteiger partial charge in [-0.3, -0.25) is 9.59 Å². The van der Waals surface area contributed by atoms with Crippen LogP contribution in [0.1, 0.15) is 96.1 Å². The van der Waals surface area contributed by atoms with Crippen LogP contribution in [0.25, 0.3) is 11.1 Å². The zero-order valence-corrected chi connectivity index (χ0v) is 46.7. The van der Waals surface area contributed by atoms with Crippen LogP contribution in [0.2, 0.25) is 0 Å². The number of aliphatic hydroxyl groups excluding tert-OH is 9. The summed E-state index contributed by atoms with van der Waals surface area (Å²) in [6.45, 7) is 6.63. The van der Waals surface area contributed by atoms with Crippen LogP contribution in [0.15, 0.2) is 134 Å². The van der Waals surface area contributed by atoms with Crippen molar-refractivity contribution in [2.45, 2.75) is 182 Å². The fourth-order valence-electron chi connectivity index (χ4n) is 10.9. The minimum absolute atomic E-state index is 0.0566. The van der Waals surface area contributed by atoms with E-state index in [-0.39, 0.29) is 44.1 Å². The zero-order valence-electron chi connectivity index (χ0n) is 46.7. The first-order chi connectivity index (χ1) is 39.0. The molecule has 12 N–H and O–H groups in total. The number of esters is 1. The van der Waals surface area contributed by atoms with E-state index in [0.717, 1.165) is 22.3 Å². The van der Waals surface area contributed by atoms with Gasteiger partial charge in [-0.05, 0) is 61.8 Å². The lowest BCUT2D eigenvalue weighted by molar-refractivity contribution is -0.310. The molecule has 20 heteroatoms. The van der Waals surface area contributed by atoms with Crippen molar-refractivity contribution in [1.82, 2.24) is 5.32 Å². The Bertz CT molecular complexity index is 2550. The molecule has 450 valence electrons. The van der Waals surface area contributed by atoms with Gasteiger partial charge < -0.3 is 85.2 Å². The van der Waals surface area contributed by atoms with E-state index in [0.29, 0.717) is 0 Å². The molecule has 2 bridgehead atoms. The maximum Gasteiger partial charge on any atom is 0.407 e. The number of carboxylic acids is 1. The predicted molar refractivity (Wildman–Crippen MR) is 301 cm³/mol. The number of fused-ring (bicyclic) bond motifs is 5. The Labute approximate surface area is 478 Å². The highest BCUT2D eigenvalue weighted by molar-refractivity contribution is 5.79. The van der Waals surface area contributed by atoms with E-state index in [2.05, 4.69) is 5.32 Å². The van der Waals surface area contributed by atoms with Gasteiger partial charge in [-0.1, -0.05) is 147 Å². The summed E-state index contributed by atoms with van der Waals surface area (Å²) in [6.07, 6.45) is 0.688. The second-order valence-corrected chi connectivity index (χ2v) is 22.0. The number of hydrogen-bond donors (Lipinski definition) is 12. The molecule has 82 heavy (non-hydrogen) atoms. The average Bonchev–Trinajstić information content (AvgIpc) is 3.19. The molecular formula is C62H83NO19. The lowest BCUT2D eigenvalue weighted by atomic mass is 9.82. The number of carboxylic acid groups (broad SMARTS) is 1. The Balaban J connectivity index is 1.19. The van der Waals surface area contributed by atoms with Crippen LogP contribution in [0.5, 0.6) is 0 Å². The van der Waals surface area contributed by atoms with Gasteiger partial charge in [0.05, 0.1) is 73.5 Å². The normalized spacial score (nSPS) is 38.9. The number of aliphatic hydroxyl groups is 10. The van der Waals surface area contributed by atoms with Crippen molar-refractivity contribution >= 4 is 18.0 Å². The van der Waals surface area contributed by atoms with Crippen molar-refractivity contribution in [2.24, 2.45) is 17.8 Å². The van der Waals surface area contributed by atoms with E-state index >= 15 is 0 Å². The third kappa shape index (κ3) is 18.7. The third-order valence-corrected chi connectivity index (χ3v) is 15.6. The Morgan fingerprint density at radius 3 is 1.78 bits per heavy atom. The first-order valence-corrected chi connectivity index (χ1v) is 28.1. The summed E-state index contributed by atoms with van der Waals surface area (Å²) >= 11 is 0. The number of carbonyl (C=O) groups excluding carboxylic acids is 2. The van der Waals surface area contributed by atoms with Crippen molar-refractivity contribution < 1.29 is 94.2 Å². The first kappa shape index (κ1) is 65.5. The monoisotopic (exact) mass is 1150 g/mol. The van der Waals surface area contributed by atoms with Crippen LogP contribution in [0.3, 0.4) is 0 Å². The van der Waals surface area contributed by atoms with Gasteiger partial charge in [0.15, 0.2) is 12.1 Å². The van der Waals surface area contributed by atoms with E-state index in [4.69, 9.17) is 23.7 Å². The Morgan fingerprint density at radius 2 is 1.18 bits per heavy atom. The van der Waals surface area contributed by atoms with E-state index in [9.17, 15) is 70.6 Å². The van der Waals surface area contributed by atoms with Crippen LogP contribution in [0, 0.1) is 17.8 Å². The van der Waals surface area contributed by atoms with Crippen LogP contribution < -0.4 is 5.32 Å². The molecule has 2 saturated heterocycles. The molecule has 1 amide bonds. The molecule has 0 radical (unpaired) electrons. The minimum Gasteiger partial charge on any atom is -0.481 e. The summed E-state index contributed by atoms with van der Waals surface area (Å²) in [5.74, 6) is -7.41. The van der Waals surface area contributed by atoms with Gasteiger partial charge in [-0.2, -0.15) is 0 Å². The summed E-state index contributed by atoms with van der Waals surface area (Å²) in [6, 6.07) is 14.2. The standard InChI is InChI=1S/C62H83NO19/c1-36-21-15-13-11-9-7-5-6-8-10-12-14-16-22-43(81-60-58(73)55(57(72)39(4)80-60)63-61(76)78-35-48-46-25-19-17-23-44(46)45-24-18-20-26-47(45)48)32-52-54(59(74)75)51(69)34-62(77,82-52)33-50(68)49(67)28-27-40(64)29-41(65)30-42(66)31-53(70)79-38(3)37(2)56(36)71/h5-26,36-43,48-52,54-58,60,64-69,71-73,77H,27-35H2,1-4H3,(H,63,76)(H,74,75)/b6-5+,9-7+,10-8+,13-11+,14-12+,21-15+,22-16+/t36-,37-,38-,39?,40+,41+,42+,43-,49+,50+,51-,52-,54+,55+,56+,57+,58?,60-,62+/m0/s1. The molecule has 3 heterocycles. The molecule has 0 spiro atoms. The Morgan fingerprint density at radius 1 is 0.634 bits per heavy atom. The predicted octanol–water partition coefficient (Wildman–Crippen LogP) is 4.29. The summed E-state index contributed by atoms with van der Waals surface area (Å²) in [5.41, 5.74) is 3.98. The quantitative estimate of drug-likeness (QED) is 0.180. The number of cyclic esters (lactones) is 1. The van der Waals surface area contributed by atoms with Crippen LogP contribution in [0.4, 0.5) is 4.79 Å². The number of nitrogens with one attached hydrogen (secondary N) is 1. The second kappa shape index (κ2) is 31.3. The lowest BCUT2D eigenvalue weighted by Crippen LogP contribution is -2.64. The summed E-state index contributed by atoms with van der Waals surface area (Å²) in [7, 11) is 0. The molecule has 2 aromatic carbocycles. The molecule has 4 aliphatic rings. The number of aliphatic carboxylic acids is 1. The molecule has 2 aromatic rings. The van der Waals surface area contributed by atoms with Gasteiger partial charge in [0.25, 0.3) is 0 Å². The SMILES string of the molecule is CC1O[C@@H](O[C@H]2/C=C/C=C/C=C/C=C/C=C/C=C/C=C/[C@H](C)[C@@H](O)[C@@H](C)[C@H](C)OC(=O)C[C@H](O)C[C@H](O)C[C@H](O)CC[C@@H](O)[C@H](O)C[C@]3(O)C[C@H](O)[C@@H](C(=O)O)[C@H](C2)O3)C(O)[C@H](NC(=O)OCC2c3ccccc3-c3ccccc32)[C@@H]1O. The summed E-state index contributed by atoms with van der Waals surface area (Å²) < 4.78 is 29.5. The number of amides is 1. The van der Waals surface area contributed by atoms with Gasteiger partial charge in [-0.15, -0.1) is 0 Å². The summed E-state index contributed by atoms with van der Waals surface area (Å²) in [5, 5.41) is 124. The zero-order chi connectivity index (χ0) is 59.7. The topological polar surface area (TPSA) is 332 Å². The largest absolute Gasteiger partial charge is 0.481 e. The van der Waals surface area contributed by atoms with E-state index in [1.54, 1.807) is 86.8 Å². The molecule has 19 atom stereocenters. The Hall–Kier alpha value is -5.69. The second-order valence-electron chi connectivity index (χ2n) is 22.0. The van der Waals surface area contributed by atoms with E-state index in [1.165, 1.54) is 13.0 Å². The van der Waals surface area contributed by atoms with E-state index < -0.39 is 153 Å². The molecule has 2 unspecified atom stereocenters. The number of hydrogen-bond acceptors (Lipinski definition) is 18. The highest BCUT2D eigenvalue weighted by Gasteiger charge is 2.52. The van der Waals surface area contributed by atoms with Crippen molar-refractivity contribution in [3.63, 3.8) is 0 Å². The molecule has 0 saturated carbocycles. The third-order valence-electron chi connectivity index (χ3n) is 15.6. The number of benzene rings is 2. The van der Waals surface area contributed by atoms with Gasteiger partial charge in [-0.25, -0.2) is 4.79 Å². The molecule has 6 rings (SSSR count). The summed E-state index contributed by atoms with van der Waals surface area (Å²) in [4.78, 5) is 39.0. The van der Waals surface area contributed by atoms with Crippen molar-refractivity contribution in [3.05, 3.63) is 145 Å². The number of alkyl carbamates (subject to hydrolysis) is 1. The fraction of sp³-hybridized carbons (Fsp3) is 0.532. The smallest absolute Gasteiger partial charge is 0.407 e. The van der Waals surface area contributed by atoms with Crippen molar-refractivity contribution in [1.29, 1.82) is 0 Å². The highest BCUT2D eigenvalue weighted by Crippen LogP contribution is 2.45. The number of carbonyl (C=O) groups is 3. The minimum atomic E-state index is -2.43. The molecule has 2 fully saturated rings. The average molecular weight is 1150 g/mol. The maximum absolute atomic E-state index is 13.5. The van der Waals surface area contributed by atoms with E-state index in [1.807, 2.05) is 61.5 Å². The van der Waals surface area contributed by atoms with Gasteiger partial charge in [0.2, 0.25) is 0 Å². The molecule has 0 aromatic heterocycles. The highest BCUT2D eigenvalue weighted by atomic mass is 16.7. The molecule has 3 aliphatic heterocycles. The van der Waals surface area contributed by atoms with Crippen LogP contribution in [-0.2, 0) is 33.3 Å². The van der Waals surface area contributed by atoms with Gasteiger partial charge >= 0.3 is 18.0 Å². The van der Waals surface area contributed by atoms with Crippen molar-refractivity contribution in [2.75, 3.05) is 6.61 Å². The van der Waals surface area contributed by atoms with Crippen LogP contribution >= 0.6 is 0 Å². The fourth-order valence-corrected chi connectivity index (χ4v) is 10.9. The number of rotatable bonds is 6. The maximum atomic E-state index is 13.5. The Kier molecular flexibility index (Phi) is 25.0. The van der Waals surface area contributed by atoms with Gasteiger partial charge in [0.1, 0.15) is 30.8 Å². The number of ether oxygens (including phenoxy) is 5. The van der Waals surface area contributed by atoms with Crippen LogP contribution in [-0.4, -0.2) is 178 Å². The molecule has 20 nitrogen and oxygen atoms in total. The molecule has 1 aliphatic carbocycles. The van der Waals surface area contributed by atoms with Gasteiger partial charge in [0, 0.05) is 37.0 Å². The van der Waals surface area contributed by atoms with Crippen molar-refractivity contribution in [3.8, 4) is 11.1 Å². The lowest BCUT2D eigenvalue weighted by Gasteiger charge is -2.45. The number of allylic oxidation sites excluding steroid dienone is 12. The molecular weight excluding hydrogens is 1060 g/mol. The first-order valence-electron chi connectivity index (χ1n) is 28.1.